The predicted molar refractivity (Wildman–Crippen MR) is 209 cm³/mol. The van der Waals surface area contributed by atoms with Gasteiger partial charge in [0, 0.05) is 30.4 Å². The van der Waals surface area contributed by atoms with Gasteiger partial charge in [0.25, 0.3) is 11.5 Å². The summed E-state index contributed by atoms with van der Waals surface area (Å²) in [5.41, 5.74) is 3.57. The van der Waals surface area contributed by atoms with Gasteiger partial charge < -0.3 is 14.8 Å². The van der Waals surface area contributed by atoms with Gasteiger partial charge in [0.1, 0.15) is 18.1 Å². The fourth-order valence-electron chi connectivity index (χ4n) is 5.33. The third-order valence-corrected chi connectivity index (χ3v) is 10.5. The van der Waals surface area contributed by atoms with E-state index in [9.17, 15) is 9.59 Å². The second kappa shape index (κ2) is 15.2. The summed E-state index contributed by atoms with van der Waals surface area (Å²) in [4.78, 5) is 33.5. The lowest BCUT2D eigenvalue weighted by Crippen LogP contribution is -2.40. The fraction of sp³-hybridized carbons (Fsp3) is 0.139. The number of hydrogen-bond acceptors (Lipinski definition) is 6. The number of hydrogen-bond donors (Lipinski definition) is 1. The van der Waals surface area contributed by atoms with Gasteiger partial charge in [-0.05, 0) is 119 Å². The van der Waals surface area contributed by atoms with Crippen LogP contribution in [0.15, 0.2) is 106 Å². The standard InChI is InChI=1S/C36H27Cl2I2N3O4S/c1-3-46-27-13-10-21(11-14-27)32-31(34(44)42-26-7-5-4-6-8-26)20(2)41-36-43(32)35(45)30(48-36)16-23-15-25(39)18-29(40)33(23)47-19-22-9-12-24(37)17-28(22)38/h4-18,32H,3,19H2,1-2H3,(H,42,44)/b30-16-/t32-/m1/s1. The Bertz CT molecular complexity index is 2240. The second-order valence-corrected chi connectivity index (χ2v) is 15.0. The normalized spacial score (nSPS) is 14.4. The highest BCUT2D eigenvalue weighted by Crippen LogP contribution is 2.33. The number of carbonyl (C=O) groups is 1. The van der Waals surface area contributed by atoms with Crippen molar-refractivity contribution in [2.45, 2.75) is 26.5 Å². The molecule has 2 heterocycles. The highest BCUT2D eigenvalue weighted by Gasteiger charge is 2.32. The van der Waals surface area contributed by atoms with Gasteiger partial charge in [-0.1, -0.05) is 70.9 Å². The highest BCUT2D eigenvalue weighted by molar-refractivity contribution is 14.1. The van der Waals surface area contributed by atoms with E-state index in [-0.39, 0.29) is 18.1 Å². The van der Waals surface area contributed by atoms with E-state index >= 15 is 0 Å². The number of allylic oxidation sites excluding steroid dienone is 1. The number of benzene rings is 4. The van der Waals surface area contributed by atoms with Crippen molar-refractivity contribution >= 4 is 97.4 Å². The number of nitrogens with zero attached hydrogens (tertiary/aromatic N) is 2. The van der Waals surface area contributed by atoms with Crippen molar-refractivity contribution in [3.8, 4) is 11.5 Å². The highest BCUT2D eigenvalue weighted by atomic mass is 127. The summed E-state index contributed by atoms with van der Waals surface area (Å²) in [5, 5.41) is 4.04. The lowest BCUT2D eigenvalue weighted by molar-refractivity contribution is -0.113. The van der Waals surface area contributed by atoms with Gasteiger partial charge in [-0.3, -0.25) is 14.2 Å². The first-order valence-corrected chi connectivity index (χ1v) is 18.5. The molecule has 1 aliphatic rings. The van der Waals surface area contributed by atoms with Crippen molar-refractivity contribution < 1.29 is 14.3 Å². The number of para-hydroxylation sites is 1. The molecule has 1 N–H and O–H groups in total. The fourth-order valence-corrected chi connectivity index (χ4v) is 8.88. The smallest absolute Gasteiger partial charge is 0.271 e. The van der Waals surface area contributed by atoms with Gasteiger partial charge in [-0.15, -0.1) is 0 Å². The van der Waals surface area contributed by atoms with Crippen LogP contribution >= 0.6 is 79.7 Å². The van der Waals surface area contributed by atoms with Crippen LogP contribution in [0, 0.1) is 7.14 Å². The van der Waals surface area contributed by atoms with Gasteiger partial charge >= 0.3 is 0 Å². The van der Waals surface area contributed by atoms with Crippen molar-refractivity contribution in [1.82, 2.24) is 4.57 Å². The van der Waals surface area contributed by atoms with E-state index in [1.54, 1.807) is 23.6 Å². The Hall–Kier alpha value is -3.17. The first-order valence-electron chi connectivity index (χ1n) is 14.8. The van der Waals surface area contributed by atoms with E-state index < -0.39 is 6.04 Å². The monoisotopic (exact) mass is 921 g/mol. The van der Waals surface area contributed by atoms with Crippen LogP contribution in [0.5, 0.6) is 11.5 Å². The number of anilines is 1. The Morgan fingerprint density at radius 2 is 1.77 bits per heavy atom. The number of halogens is 4. The molecule has 1 aromatic heterocycles. The first-order chi connectivity index (χ1) is 23.1. The SMILES string of the molecule is CCOc1ccc([C@@H]2C(C(=O)Nc3ccccc3)=C(C)N=c3s/c(=C\c4cc(I)cc(I)c4OCc4ccc(Cl)cc4Cl)c(=O)n32)cc1. The molecule has 0 saturated carbocycles. The van der Waals surface area contributed by atoms with Crippen molar-refractivity contribution in [2.75, 3.05) is 11.9 Å². The largest absolute Gasteiger partial charge is 0.494 e. The van der Waals surface area contributed by atoms with Crippen LogP contribution < -0.4 is 29.7 Å². The van der Waals surface area contributed by atoms with E-state index in [1.807, 2.05) is 85.8 Å². The van der Waals surface area contributed by atoms with E-state index in [0.29, 0.717) is 54.4 Å². The molecule has 7 nitrogen and oxygen atoms in total. The Morgan fingerprint density at radius 3 is 2.48 bits per heavy atom. The third-order valence-electron chi connectivity index (χ3n) is 7.52. The maximum atomic E-state index is 14.4. The Balaban J connectivity index is 1.45. The summed E-state index contributed by atoms with van der Waals surface area (Å²) in [5.74, 6) is 0.986. The van der Waals surface area contributed by atoms with Gasteiger partial charge in [0.15, 0.2) is 4.80 Å². The molecule has 5 aromatic rings. The molecule has 0 spiro atoms. The average molecular weight is 922 g/mol. The van der Waals surface area contributed by atoms with Crippen LogP contribution in [0.25, 0.3) is 6.08 Å². The lowest BCUT2D eigenvalue weighted by atomic mass is 9.95. The third kappa shape index (κ3) is 7.52. The Morgan fingerprint density at radius 1 is 1.02 bits per heavy atom. The van der Waals surface area contributed by atoms with Crippen molar-refractivity contribution in [1.29, 1.82) is 0 Å². The summed E-state index contributed by atoms with van der Waals surface area (Å²) in [6.45, 7) is 4.45. The number of rotatable bonds is 9. The quantitative estimate of drug-likeness (QED) is 0.151. The number of fused-ring (bicyclic) bond motifs is 1. The predicted octanol–water partition coefficient (Wildman–Crippen LogP) is 8.37. The summed E-state index contributed by atoms with van der Waals surface area (Å²) in [6.07, 6.45) is 1.82. The minimum atomic E-state index is -0.721. The molecule has 6 rings (SSSR count). The van der Waals surface area contributed by atoms with E-state index in [0.717, 1.165) is 23.8 Å². The molecule has 1 amide bonds. The zero-order chi connectivity index (χ0) is 33.9. The van der Waals surface area contributed by atoms with E-state index in [2.05, 4.69) is 50.5 Å². The molecule has 0 unspecified atom stereocenters. The number of nitrogens with one attached hydrogen (secondary N) is 1. The van der Waals surface area contributed by atoms with Crippen LogP contribution in [0.1, 0.15) is 36.6 Å². The molecule has 12 heteroatoms. The summed E-state index contributed by atoms with van der Waals surface area (Å²) in [6, 6.07) is 25.2. The molecule has 244 valence electrons. The molecule has 0 aliphatic carbocycles. The van der Waals surface area contributed by atoms with Crippen LogP contribution in [-0.4, -0.2) is 17.1 Å². The number of ether oxygens (including phenoxy) is 2. The van der Waals surface area contributed by atoms with E-state index in [4.69, 9.17) is 37.7 Å². The average Bonchev–Trinajstić information content (AvgIpc) is 3.35. The van der Waals surface area contributed by atoms with Crippen LogP contribution in [0.4, 0.5) is 5.69 Å². The van der Waals surface area contributed by atoms with Crippen molar-refractivity contribution in [2.24, 2.45) is 4.99 Å². The van der Waals surface area contributed by atoms with Crippen LogP contribution in [0.2, 0.25) is 10.0 Å². The molecule has 0 bridgehead atoms. The van der Waals surface area contributed by atoms with Crippen molar-refractivity contribution in [3.05, 3.63) is 150 Å². The molecule has 0 fully saturated rings. The first kappa shape index (κ1) is 34.7. The molecule has 1 atom stereocenters. The lowest BCUT2D eigenvalue weighted by Gasteiger charge is -2.25. The van der Waals surface area contributed by atoms with Crippen LogP contribution in [0.3, 0.4) is 0 Å². The van der Waals surface area contributed by atoms with E-state index in [1.165, 1.54) is 11.3 Å². The van der Waals surface area contributed by atoms with Crippen LogP contribution in [-0.2, 0) is 11.4 Å². The maximum Gasteiger partial charge on any atom is 0.271 e. The summed E-state index contributed by atoms with van der Waals surface area (Å²) < 4.78 is 15.9. The van der Waals surface area contributed by atoms with Gasteiger partial charge in [0.05, 0.1) is 32.0 Å². The summed E-state index contributed by atoms with van der Waals surface area (Å²) in [7, 11) is 0. The minimum Gasteiger partial charge on any atom is -0.494 e. The molecular formula is C36H27Cl2I2N3O4S. The maximum absolute atomic E-state index is 14.4. The van der Waals surface area contributed by atoms with Gasteiger partial charge in [-0.25, -0.2) is 4.99 Å². The van der Waals surface area contributed by atoms with Gasteiger partial charge in [-0.2, -0.15) is 0 Å². The Kier molecular flexibility index (Phi) is 11.0. The number of amides is 1. The minimum absolute atomic E-state index is 0.214. The summed E-state index contributed by atoms with van der Waals surface area (Å²) >= 11 is 18.3. The second-order valence-electron chi connectivity index (χ2n) is 10.7. The zero-order valence-corrected chi connectivity index (χ0v) is 32.2. The molecule has 0 saturated heterocycles. The molecule has 4 aromatic carbocycles. The number of carbonyl (C=O) groups excluding carboxylic acids is 1. The molecule has 48 heavy (non-hydrogen) atoms. The topological polar surface area (TPSA) is 81.9 Å². The van der Waals surface area contributed by atoms with Crippen molar-refractivity contribution in [3.63, 3.8) is 0 Å². The Labute approximate surface area is 318 Å². The number of thiazole rings is 1. The number of aromatic nitrogens is 1. The molecule has 0 radical (unpaired) electrons. The van der Waals surface area contributed by atoms with Gasteiger partial charge in [0.2, 0.25) is 0 Å². The molecule has 1 aliphatic heterocycles. The zero-order valence-electron chi connectivity index (χ0n) is 25.6. The molecular weight excluding hydrogens is 895 g/mol.